The fraction of sp³-hybridized carbons (Fsp3) is 0.250. The Balaban J connectivity index is 1.71. The molecule has 7 nitrogen and oxygen atoms in total. The molecule has 1 aromatic carbocycles. The minimum atomic E-state index is -0.177. The molecule has 8 heteroatoms. The number of nitrogens with one attached hydrogen (secondary N) is 1. The predicted molar refractivity (Wildman–Crippen MR) is 90.1 cm³/mol. The average molecular weight is 344 g/mol. The van der Waals surface area contributed by atoms with Crippen molar-refractivity contribution in [3.63, 3.8) is 0 Å². The van der Waals surface area contributed by atoms with E-state index in [1.807, 2.05) is 31.2 Å². The third-order valence-corrected chi connectivity index (χ3v) is 3.91. The molecule has 0 aliphatic rings. The second kappa shape index (κ2) is 7.31. The van der Waals surface area contributed by atoms with E-state index in [4.69, 9.17) is 9.26 Å². The van der Waals surface area contributed by atoms with E-state index in [2.05, 4.69) is 20.1 Å². The first-order valence-corrected chi connectivity index (χ1v) is 8.39. The van der Waals surface area contributed by atoms with Crippen LogP contribution in [0.1, 0.15) is 18.5 Å². The molecule has 0 unspecified atom stereocenters. The number of ether oxygens (including phenoxy) is 1. The Morgan fingerprint density at radius 1 is 1.29 bits per heavy atom. The molecule has 0 saturated carbocycles. The van der Waals surface area contributed by atoms with E-state index in [1.165, 1.54) is 17.8 Å². The molecular formula is C16H16N4O3S. The number of H-pyrrole nitrogens is 1. The fourth-order valence-corrected chi connectivity index (χ4v) is 2.83. The lowest BCUT2D eigenvalue weighted by Crippen LogP contribution is -2.08. The highest BCUT2D eigenvalue weighted by molar-refractivity contribution is 7.98. The first-order valence-electron chi connectivity index (χ1n) is 7.40. The third kappa shape index (κ3) is 4.02. The molecule has 0 aliphatic carbocycles. The summed E-state index contributed by atoms with van der Waals surface area (Å²) in [5, 5.41) is 4.51. The third-order valence-electron chi connectivity index (χ3n) is 3.05. The SMILES string of the molecule is CCOc1cccc(-c2noc(CSc3nc(C)cc(=O)[nH]3)n2)c1. The summed E-state index contributed by atoms with van der Waals surface area (Å²) in [4.78, 5) is 22.7. The first-order chi connectivity index (χ1) is 11.6. The Kier molecular flexibility index (Phi) is 4.95. The van der Waals surface area contributed by atoms with Crippen molar-refractivity contribution in [3.8, 4) is 17.1 Å². The zero-order chi connectivity index (χ0) is 16.9. The van der Waals surface area contributed by atoms with Crippen LogP contribution < -0.4 is 10.3 Å². The summed E-state index contributed by atoms with van der Waals surface area (Å²) in [5.41, 5.74) is 1.31. The molecule has 2 aromatic heterocycles. The van der Waals surface area contributed by atoms with Gasteiger partial charge >= 0.3 is 0 Å². The molecule has 0 amide bonds. The summed E-state index contributed by atoms with van der Waals surface area (Å²) in [5.74, 6) is 2.14. The van der Waals surface area contributed by atoms with E-state index < -0.39 is 0 Å². The molecule has 0 fully saturated rings. The van der Waals surface area contributed by atoms with Gasteiger partial charge in [-0.3, -0.25) is 4.79 Å². The maximum absolute atomic E-state index is 11.4. The zero-order valence-electron chi connectivity index (χ0n) is 13.3. The normalized spacial score (nSPS) is 10.8. The Morgan fingerprint density at radius 2 is 2.17 bits per heavy atom. The molecule has 2 heterocycles. The second-order valence-electron chi connectivity index (χ2n) is 4.95. The number of rotatable bonds is 6. The summed E-state index contributed by atoms with van der Waals surface area (Å²) < 4.78 is 10.7. The van der Waals surface area contributed by atoms with Crippen LogP contribution in [-0.4, -0.2) is 26.7 Å². The topological polar surface area (TPSA) is 93.9 Å². The minimum absolute atomic E-state index is 0.177. The number of aryl methyl sites for hydroxylation is 1. The van der Waals surface area contributed by atoms with Crippen LogP contribution in [-0.2, 0) is 5.75 Å². The molecule has 0 radical (unpaired) electrons. The molecular weight excluding hydrogens is 328 g/mol. The molecule has 124 valence electrons. The van der Waals surface area contributed by atoms with Gasteiger partial charge < -0.3 is 14.2 Å². The van der Waals surface area contributed by atoms with Gasteiger partial charge in [-0.2, -0.15) is 4.98 Å². The van der Waals surface area contributed by atoms with Crippen molar-refractivity contribution in [2.45, 2.75) is 24.8 Å². The van der Waals surface area contributed by atoms with Gasteiger partial charge in [0.1, 0.15) is 5.75 Å². The van der Waals surface area contributed by atoms with Gasteiger partial charge in [0.2, 0.25) is 11.7 Å². The van der Waals surface area contributed by atoms with Gasteiger partial charge in [0.25, 0.3) is 5.56 Å². The average Bonchev–Trinajstić information content (AvgIpc) is 3.02. The van der Waals surface area contributed by atoms with E-state index in [0.717, 1.165) is 11.3 Å². The molecule has 0 bridgehead atoms. The van der Waals surface area contributed by atoms with Crippen molar-refractivity contribution >= 4 is 11.8 Å². The Hall–Kier alpha value is -2.61. The van der Waals surface area contributed by atoms with E-state index in [9.17, 15) is 4.79 Å². The van der Waals surface area contributed by atoms with Gasteiger partial charge in [-0.25, -0.2) is 4.98 Å². The smallest absolute Gasteiger partial charge is 0.251 e. The Labute approximate surface area is 142 Å². The number of aromatic nitrogens is 4. The Morgan fingerprint density at radius 3 is 2.96 bits per heavy atom. The van der Waals surface area contributed by atoms with Gasteiger partial charge in [0.15, 0.2) is 5.16 Å². The number of benzene rings is 1. The highest BCUT2D eigenvalue weighted by Gasteiger charge is 2.11. The maximum Gasteiger partial charge on any atom is 0.251 e. The lowest BCUT2D eigenvalue weighted by atomic mass is 10.2. The highest BCUT2D eigenvalue weighted by atomic mass is 32.2. The van der Waals surface area contributed by atoms with Crippen LogP contribution in [0, 0.1) is 6.92 Å². The summed E-state index contributed by atoms with van der Waals surface area (Å²) in [6.45, 7) is 4.30. The molecule has 0 atom stereocenters. The molecule has 1 N–H and O–H groups in total. The van der Waals surface area contributed by atoms with Crippen molar-refractivity contribution in [2.24, 2.45) is 0 Å². The van der Waals surface area contributed by atoms with Crippen molar-refractivity contribution in [1.82, 2.24) is 20.1 Å². The van der Waals surface area contributed by atoms with Gasteiger partial charge in [-0.1, -0.05) is 29.1 Å². The standard InChI is InChI=1S/C16H16N4O3S/c1-3-22-12-6-4-5-11(8-12)15-19-14(23-20-15)9-24-16-17-10(2)7-13(21)18-16/h4-8H,3,9H2,1-2H3,(H,17,18,21). The Bertz CT molecular complexity index is 891. The highest BCUT2D eigenvalue weighted by Crippen LogP contribution is 2.23. The van der Waals surface area contributed by atoms with Crippen LogP contribution in [0.15, 0.2) is 44.8 Å². The number of thioether (sulfide) groups is 1. The van der Waals surface area contributed by atoms with E-state index >= 15 is 0 Å². The van der Waals surface area contributed by atoms with Crippen LogP contribution in [0.2, 0.25) is 0 Å². The van der Waals surface area contributed by atoms with Crippen LogP contribution in [0.3, 0.4) is 0 Å². The molecule has 0 aliphatic heterocycles. The summed E-state index contributed by atoms with van der Waals surface area (Å²) in [6.07, 6.45) is 0. The maximum atomic E-state index is 11.4. The molecule has 24 heavy (non-hydrogen) atoms. The zero-order valence-corrected chi connectivity index (χ0v) is 14.1. The first kappa shape index (κ1) is 16.3. The molecule has 3 rings (SSSR count). The largest absolute Gasteiger partial charge is 0.494 e. The monoisotopic (exact) mass is 344 g/mol. The minimum Gasteiger partial charge on any atom is -0.494 e. The van der Waals surface area contributed by atoms with Gasteiger partial charge in [0.05, 0.1) is 12.4 Å². The van der Waals surface area contributed by atoms with E-state index in [-0.39, 0.29) is 5.56 Å². The lowest BCUT2D eigenvalue weighted by Gasteiger charge is -2.02. The number of hydrogen-bond acceptors (Lipinski definition) is 7. The summed E-state index contributed by atoms with van der Waals surface area (Å²) in [7, 11) is 0. The van der Waals surface area contributed by atoms with Crippen LogP contribution in [0.4, 0.5) is 0 Å². The van der Waals surface area contributed by atoms with Crippen LogP contribution >= 0.6 is 11.8 Å². The van der Waals surface area contributed by atoms with Crippen molar-refractivity contribution in [1.29, 1.82) is 0 Å². The molecule has 0 saturated heterocycles. The van der Waals surface area contributed by atoms with Gasteiger partial charge in [-0.15, -0.1) is 0 Å². The lowest BCUT2D eigenvalue weighted by molar-refractivity contribution is 0.340. The van der Waals surface area contributed by atoms with Gasteiger partial charge in [-0.05, 0) is 26.0 Å². The summed E-state index contributed by atoms with van der Waals surface area (Å²) >= 11 is 1.33. The number of hydrogen-bond donors (Lipinski definition) is 1. The van der Waals surface area contributed by atoms with Gasteiger partial charge in [0, 0.05) is 17.3 Å². The number of nitrogens with zero attached hydrogens (tertiary/aromatic N) is 3. The van der Waals surface area contributed by atoms with E-state index in [1.54, 1.807) is 6.92 Å². The van der Waals surface area contributed by atoms with Crippen LogP contribution in [0.25, 0.3) is 11.4 Å². The fourth-order valence-electron chi connectivity index (χ4n) is 2.07. The summed E-state index contributed by atoms with van der Waals surface area (Å²) in [6, 6.07) is 8.96. The quantitative estimate of drug-likeness (QED) is 0.543. The molecule has 0 spiro atoms. The second-order valence-corrected chi connectivity index (χ2v) is 5.92. The predicted octanol–water partition coefficient (Wildman–Crippen LogP) is 2.82. The number of aromatic amines is 1. The van der Waals surface area contributed by atoms with Crippen molar-refractivity contribution in [2.75, 3.05) is 6.61 Å². The van der Waals surface area contributed by atoms with Crippen LogP contribution in [0.5, 0.6) is 5.75 Å². The van der Waals surface area contributed by atoms with Crippen molar-refractivity contribution in [3.05, 3.63) is 52.3 Å². The van der Waals surface area contributed by atoms with Crippen molar-refractivity contribution < 1.29 is 9.26 Å². The molecule has 3 aromatic rings. The van der Waals surface area contributed by atoms with E-state index in [0.29, 0.717) is 34.9 Å².